The SMILES string of the molecule is CC(Nc1ccc(OC(F)F)c(F)c1)c1cccc(Br)c1. The highest BCUT2D eigenvalue weighted by Crippen LogP contribution is 2.26. The van der Waals surface area contributed by atoms with Gasteiger partial charge >= 0.3 is 6.61 Å². The third-order valence-electron chi connectivity index (χ3n) is 2.88. The summed E-state index contributed by atoms with van der Waals surface area (Å²) in [6, 6.07) is 11.4. The average Bonchev–Trinajstić information content (AvgIpc) is 2.41. The predicted octanol–water partition coefficient (Wildman–Crippen LogP) is 5.36. The molecule has 6 heteroatoms. The number of nitrogens with one attached hydrogen (secondary N) is 1. The number of anilines is 1. The molecule has 0 saturated carbocycles. The molecule has 2 nitrogen and oxygen atoms in total. The first kappa shape index (κ1) is 15.7. The fourth-order valence-electron chi connectivity index (χ4n) is 1.89. The monoisotopic (exact) mass is 359 g/mol. The van der Waals surface area contributed by atoms with Crippen LogP contribution in [0.4, 0.5) is 18.9 Å². The second-order valence-electron chi connectivity index (χ2n) is 4.44. The zero-order valence-electron chi connectivity index (χ0n) is 11.1. The maximum atomic E-state index is 13.6. The summed E-state index contributed by atoms with van der Waals surface area (Å²) in [6.07, 6.45) is 0. The fraction of sp³-hybridized carbons (Fsp3) is 0.200. The van der Waals surface area contributed by atoms with Gasteiger partial charge in [-0.15, -0.1) is 0 Å². The lowest BCUT2D eigenvalue weighted by Crippen LogP contribution is -2.08. The van der Waals surface area contributed by atoms with Crippen LogP contribution >= 0.6 is 15.9 Å². The summed E-state index contributed by atoms with van der Waals surface area (Å²) in [5.74, 6) is -1.30. The first-order valence-electron chi connectivity index (χ1n) is 6.22. The Bertz CT molecular complexity index is 622. The molecular formula is C15H13BrF3NO. The predicted molar refractivity (Wildman–Crippen MR) is 79.2 cm³/mol. The van der Waals surface area contributed by atoms with Crippen LogP contribution in [0.25, 0.3) is 0 Å². The van der Waals surface area contributed by atoms with Gasteiger partial charge in [0, 0.05) is 22.3 Å². The van der Waals surface area contributed by atoms with Gasteiger partial charge in [-0.3, -0.25) is 0 Å². The van der Waals surface area contributed by atoms with Crippen molar-refractivity contribution in [3.63, 3.8) is 0 Å². The Kier molecular flexibility index (Phi) is 5.12. The van der Waals surface area contributed by atoms with E-state index in [4.69, 9.17) is 0 Å². The highest BCUT2D eigenvalue weighted by molar-refractivity contribution is 9.10. The molecule has 0 aliphatic rings. The van der Waals surface area contributed by atoms with Crippen molar-refractivity contribution in [3.8, 4) is 5.75 Å². The van der Waals surface area contributed by atoms with E-state index in [9.17, 15) is 13.2 Å². The fourth-order valence-corrected chi connectivity index (χ4v) is 2.31. The lowest BCUT2D eigenvalue weighted by molar-refractivity contribution is -0.0521. The summed E-state index contributed by atoms with van der Waals surface area (Å²) >= 11 is 3.38. The van der Waals surface area contributed by atoms with Gasteiger partial charge in [-0.05, 0) is 36.8 Å². The van der Waals surface area contributed by atoms with E-state index in [1.54, 1.807) is 0 Å². The van der Waals surface area contributed by atoms with Crippen LogP contribution in [0, 0.1) is 5.82 Å². The van der Waals surface area contributed by atoms with Gasteiger partial charge in [0.25, 0.3) is 0 Å². The molecule has 1 atom stereocenters. The van der Waals surface area contributed by atoms with E-state index in [-0.39, 0.29) is 6.04 Å². The minimum absolute atomic E-state index is 0.0660. The summed E-state index contributed by atoms with van der Waals surface area (Å²) in [5, 5.41) is 3.10. The van der Waals surface area contributed by atoms with E-state index in [0.717, 1.165) is 16.1 Å². The first-order valence-corrected chi connectivity index (χ1v) is 7.01. The van der Waals surface area contributed by atoms with E-state index in [0.29, 0.717) is 5.69 Å². The zero-order chi connectivity index (χ0) is 15.4. The Balaban J connectivity index is 2.11. The van der Waals surface area contributed by atoms with Crippen LogP contribution in [0.3, 0.4) is 0 Å². The van der Waals surface area contributed by atoms with Crippen molar-refractivity contribution in [1.82, 2.24) is 0 Å². The molecule has 0 amide bonds. The highest BCUT2D eigenvalue weighted by Gasteiger charge is 2.12. The second kappa shape index (κ2) is 6.85. The van der Waals surface area contributed by atoms with Gasteiger partial charge in [0.05, 0.1) is 0 Å². The topological polar surface area (TPSA) is 21.3 Å². The van der Waals surface area contributed by atoms with Crippen LogP contribution < -0.4 is 10.1 Å². The minimum atomic E-state index is -3.04. The first-order chi connectivity index (χ1) is 9.95. The van der Waals surface area contributed by atoms with Crippen molar-refractivity contribution >= 4 is 21.6 Å². The van der Waals surface area contributed by atoms with Gasteiger partial charge in [0.2, 0.25) is 0 Å². The normalized spacial score (nSPS) is 12.3. The summed E-state index contributed by atoms with van der Waals surface area (Å²) < 4.78 is 42.8. The zero-order valence-corrected chi connectivity index (χ0v) is 12.7. The molecule has 0 aromatic heterocycles. The van der Waals surface area contributed by atoms with E-state index >= 15 is 0 Å². The molecule has 2 rings (SSSR count). The molecule has 2 aromatic carbocycles. The molecule has 0 heterocycles. The Labute approximate surface area is 129 Å². The summed E-state index contributed by atoms with van der Waals surface area (Å²) in [5.41, 5.74) is 1.50. The molecular weight excluding hydrogens is 347 g/mol. The van der Waals surface area contributed by atoms with Crippen molar-refractivity contribution < 1.29 is 17.9 Å². The van der Waals surface area contributed by atoms with Gasteiger partial charge in [-0.25, -0.2) is 4.39 Å². The molecule has 21 heavy (non-hydrogen) atoms. The van der Waals surface area contributed by atoms with Crippen LogP contribution in [0.2, 0.25) is 0 Å². The number of hydrogen-bond acceptors (Lipinski definition) is 2. The maximum absolute atomic E-state index is 13.6. The number of hydrogen-bond donors (Lipinski definition) is 1. The van der Waals surface area contributed by atoms with Crippen LogP contribution in [0.15, 0.2) is 46.9 Å². The molecule has 0 aliphatic carbocycles. The largest absolute Gasteiger partial charge is 0.432 e. The van der Waals surface area contributed by atoms with E-state index in [1.807, 2.05) is 31.2 Å². The lowest BCUT2D eigenvalue weighted by Gasteiger charge is -2.16. The van der Waals surface area contributed by atoms with Crippen molar-refractivity contribution in [3.05, 3.63) is 58.3 Å². The summed E-state index contributed by atoms with van der Waals surface area (Å²) in [6.45, 7) is -1.12. The highest BCUT2D eigenvalue weighted by atomic mass is 79.9. The van der Waals surface area contributed by atoms with Crippen molar-refractivity contribution in [2.75, 3.05) is 5.32 Å². The van der Waals surface area contributed by atoms with Crippen molar-refractivity contribution in [1.29, 1.82) is 0 Å². The number of rotatable bonds is 5. The Morgan fingerprint density at radius 3 is 2.52 bits per heavy atom. The molecule has 112 valence electrons. The minimum Gasteiger partial charge on any atom is -0.432 e. The smallest absolute Gasteiger partial charge is 0.387 e. The van der Waals surface area contributed by atoms with Gasteiger partial charge in [-0.2, -0.15) is 8.78 Å². The molecule has 2 aromatic rings. The summed E-state index contributed by atoms with van der Waals surface area (Å²) in [7, 11) is 0. The third-order valence-corrected chi connectivity index (χ3v) is 3.37. The lowest BCUT2D eigenvalue weighted by atomic mass is 10.1. The third kappa shape index (κ3) is 4.39. The molecule has 0 aliphatic heterocycles. The molecule has 0 radical (unpaired) electrons. The van der Waals surface area contributed by atoms with E-state index in [2.05, 4.69) is 26.0 Å². The summed E-state index contributed by atoms with van der Waals surface area (Å²) in [4.78, 5) is 0. The average molecular weight is 360 g/mol. The van der Waals surface area contributed by atoms with Gasteiger partial charge in [0.1, 0.15) is 0 Å². The Morgan fingerprint density at radius 2 is 1.90 bits per heavy atom. The Hall–Kier alpha value is -1.69. The second-order valence-corrected chi connectivity index (χ2v) is 5.36. The molecule has 1 N–H and O–H groups in total. The van der Waals surface area contributed by atoms with Gasteiger partial charge in [-0.1, -0.05) is 28.1 Å². The van der Waals surface area contributed by atoms with Crippen LogP contribution in [0.5, 0.6) is 5.75 Å². The quantitative estimate of drug-likeness (QED) is 0.775. The van der Waals surface area contributed by atoms with Crippen LogP contribution in [-0.4, -0.2) is 6.61 Å². The van der Waals surface area contributed by atoms with Crippen LogP contribution in [0.1, 0.15) is 18.5 Å². The van der Waals surface area contributed by atoms with E-state index in [1.165, 1.54) is 12.1 Å². The number of benzene rings is 2. The van der Waals surface area contributed by atoms with Gasteiger partial charge in [0.15, 0.2) is 11.6 Å². The molecule has 1 unspecified atom stereocenters. The van der Waals surface area contributed by atoms with Crippen molar-refractivity contribution in [2.24, 2.45) is 0 Å². The number of halogens is 4. The standard InChI is InChI=1S/C15H13BrF3NO/c1-9(10-3-2-4-11(16)7-10)20-12-5-6-14(13(17)8-12)21-15(18)19/h2-9,15,20H,1H3. The Morgan fingerprint density at radius 1 is 1.14 bits per heavy atom. The maximum Gasteiger partial charge on any atom is 0.387 e. The molecule has 0 spiro atoms. The van der Waals surface area contributed by atoms with E-state index < -0.39 is 18.2 Å². The number of ether oxygens (including phenoxy) is 1. The molecule has 0 saturated heterocycles. The van der Waals surface area contributed by atoms with Crippen molar-refractivity contribution in [2.45, 2.75) is 19.6 Å². The molecule has 0 bridgehead atoms. The molecule has 0 fully saturated rings. The number of alkyl halides is 2. The van der Waals surface area contributed by atoms with Crippen LogP contribution in [-0.2, 0) is 0 Å². The van der Waals surface area contributed by atoms with Gasteiger partial charge < -0.3 is 10.1 Å².